The van der Waals surface area contributed by atoms with Crippen molar-refractivity contribution >= 4 is 35.5 Å². The van der Waals surface area contributed by atoms with Crippen molar-refractivity contribution in [3.8, 4) is 11.8 Å². The van der Waals surface area contributed by atoms with E-state index >= 15 is 0 Å². The molecular weight excluding hydrogens is 663 g/mol. The third kappa shape index (κ3) is 9.86. The highest BCUT2D eigenvalue weighted by Crippen LogP contribution is 2.32. The predicted octanol–water partition coefficient (Wildman–Crippen LogP) is 5.90. The highest BCUT2D eigenvalue weighted by molar-refractivity contribution is 7.98. The maximum atomic E-state index is 12.9. The monoisotopic (exact) mass is 696 g/mol. The van der Waals surface area contributed by atoms with Crippen molar-refractivity contribution in [3.63, 3.8) is 0 Å². The van der Waals surface area contributed by atoms with Crippen molar-refractivity contribution in [1.29, 1.82) is 0 Å². The van der Waals surface area contributed by atoms with Gasteiger partial charge in [-0.3, -0.25) is 0 Å². The fraction of sp³-hybridized carbons (Fsp3) is 0.353. The van der Waals surface area contributed by atoms with E-state index in [9.17, 15) is 18.4 Å². The molecule has 2 aliphatic carbocycles. The lowest BCUT2D eigenvalue weighted by atomic mass is 10.2. The molecule has 2 heterocycles. The number of rotatable bonds is 12. The van der Waals surface area contributed by atoms with E-state index in [4.69, 9.17) is 9.47 Å². The summed E-state index contributed by atoms with van der Waals surface area (Å²) in [5, 5.41) is 1.19. The summed E-state index contributed by atoms with van der Waals surface area (Å²) in [6.07, 6.45) is 5.49. The highest BCUT2D eigenvalue weighted by Gasteiger charge is 2.23. The second-order valence-corrected chi connectivity index (χ2v) is 12.6. The first-order valence-electron chi connectivity index (χ1n) is 15.2. The Morgan fingerprint density at radius 2 is 1.02 bits per heavy atom. The SMILES string of the molecule is COC(=O)COc1nc(SCc2ccc(F)cc2)nc2c1CCC2.COC(=O)COc1nc(SCc2ccc(F)cc2)nc2c1CCC2. The third-order valence-electron chi connectivity index (χ3n) is 7.42. The molecule has 4 aromatic rings. The molecule has 10 nitrogen and oxygen atoms in total. The molecule has 48 heavy (non-hydrogen) atoms. The van der Waals surface area contributed by atoms with Gasteiger partial charge in [0.1, 0.15) is 11.6 Å². The van der Waals surface area contributed by atoms with Crippen LogP contribution in [0.4, 0.5) is 8.78 Å². The van der Waals surface area contributed by atoms with Crippen molar-refractivity contribution in [1.82, 2.24) is 19.9 Å². The first kappa shape index (κ1) is 35.0. The minimum atomic E-state index is -0.444. The molecule has 0 amide bonds. The molecule has 0 unspecified atom stereocenters. The van der Waals surface area contributed by atoms with Gasteiger partial charge in [-0.05, 0) is 73.9 Å². The molecule has 0 saturated heterocycles. The van der Waals surface area contributed by atoms with Crippen LogP contribution in [0.1, 0.15) is 46.5 Å². The average Bonchev–Trinajstić information content (AvgIpc) is 3.79. The summed E-state index contributed by atoms with van der Waals surface area (Å²) in [5.74, 6) is 0.799. The topological polar surface area (TPSA) is 123 Å². The van der Waals surface area contributed by atoms with E-state index in [1.165, 1.54) is 62.0 Å². The summed E-state index contributed by atoms with van der Waals surface area (Å²) in [7, 11) is 2.64. The molecule has 2 aliphatic rings. The van der Waals surface area contributed by atoms with Crippen LogP contribution in [0.3, 0.4) is 0 Å². The zero-order chi connectivity index (χ0) is 33.9. The largest absolute Gasteiger partial charge is 0.466 e. The van der Waals surface area contributed by atoms with Crippen LogP contribution in [0.15, 0.2) is 58.8 Å². The lowest BCUT2D eigenvalue weighted by Crippen LogP contribution is -2.14. The summed E-state index contributed by atoms with van der Waals surface area (Å²) < 4.78 is 46.1. The molecule has 0 N–H and O–H groups in total. The number of carbonyl (C=O) groups is 2. The standard InChI is InChI=1S/2C17H17FN2O3S/c2*1-22-15(21)9-23-16-13-3-2-4-14(13)19-17(20-16)24-10-11-5-7-12(18)8-6-11/h2*5-8H,2-4,9-10H2,1H3. The third-order valence-corrected chi connectivity index (χ3v) is 9.26. The van der Waals surface area contributed by atoms with Gasteiger partial charge < -0.3 is 18.9 Å². The number of hydrogen-bond acceptors (Lipinski definition) is 12. The van der Waals surface area contributed by atoms with Crippen LogP contribution < -0.4 is 9.47 Å². The van der Waals surface area contributed by atoms with E-state index in [2.05, 4.69) is 29.4 Å². The molecular formula is C34H34F2N4O6S2. The van der Waals surface area contributed by atoms with E-state index in [-0.39, 0.29) is 24.8 Å². The summed E-state index contributed by atoms with van der Waals surface area (Å²) >= 11 is 2.92. The lowest BCUT2D eigenvalue weighted by Gasteiger charge is -2.10. The maximum absolute atomic E-state index is 12.9. The summed E-state index contributed by atoms with van der Waals surface area (Å²) in [5.41, 5.74) is 5.89. The normalized spacial score (nSPS) is 12.8. The molecule has 0 atom stereocenters. The van der Waals surface area contributed by atoms with Gasteiger partial charge in [-0.15, -0.1) is 0 Å². The van der Waals surface area contributed by atoms with Crippen LogP contribution in [0.5, 0.6) is 11.8 Å². The van der Waals surface area contributed by atoms with Gasteiger partial charge in [-0.1, -0.05) is 47.8 Å². The summed E-state index contributed by atoms with van der Waals surface area (Å²) in [6.45, 7) is -0.329. The predicted molar refractivity (Wildman–Crippen MR) is 175 cm³/mol. The number of aryl methyl sites for hydroxylation is 2. The number of thioether (sulfide) groups is 2. The van der Waals surface area contributed by atoms with Crippen LogP contribution in [-0.2, 0) is 56.3 Å². The Kier molecular flexibility index (Phi) is 12.5. The van der Waals surface area contributed by atoms with Crippen LogP contribution in [0, 0.1) is 11.6 Å². The van der Waals surface area contributed by atoms with Gasteiger partial charge in [-0.2, -0.15) is 9.97 Å². The Morgan fingerprint density at radius 3 is 1.40 bits per heavy atom. The minimum absolute atomic E-state index is 0.165. The highest BCUT2D eigenvalue weighted by atomic mass is 32.2. The average molecular weight is 697 g/mol. The molecule has 0 saturated carbocycles. The Labute approximate surface area is 285 Å². The zero-order valence-corrected chi connectivity index (χ0v) is 28.1. The van der Waals surface area contributed by atoms with Crippen molar-refractivity contribution in [2.75, 3.05) is 27.4 Å². The number of methoxy groups -OCH3 is 2. The van der Waals surface area contributed by atoms with E-state index in [1.54, 1.807) is 24.3 Å². The van der Waals surface area contributed by atoms with Crippen LogP contribution in [0.2, 0.25) is 0 Å². The van der Waals surface area contributed by atoms with Gasteiger partial charge in [0, 0.05) is 22.6 Å². The van der Waals surface area contributed by atoms with Gasteiger partial charge in [0.15, 0.2) is 23.5 Å². The molecule has 0 aliphatic heterocycles. The number of hydrogen-bond donors (Lipinski definition) is 0. The lowest BCUT2D eigenvalue weighted by molar-refractivity contribution is -0.143. The van der Waals surface area contributed by atoms with Gasteiger partial charge in [0.05, 0.1) is 25.6 Å². The van der Waals surface area contributed by atoms with Crippen LogP contribution in [0.25, 0.3) is 0 Å². The summed E-state index contributed by atoms with van der Waals surface area (Å²) in [6, 6.07) is 12.7. The first-order valence-corrected chi connectivity index (χ1v) is 17.2. The number of benzene rings is 2. The zero-order valence-electron chi connectivity index (χ0n) is 26.5. The van der Waals surface area contributed by atoms with E-state index in [0.29, 0.717) is 33.6 Å². The van der Waals surface area contributed by atoms with Gasteiger partial charge in [0.25, 0.3) is 0 Å². The van der Waals surface area contributed by atoms with Crippen molar-refractivity contribution in [2.24, 2.45) is 0 Å². The number of carbonyl (C=O) groups excluding carboxylic acids is 2. The van der Waals surface area contributed by atoms with Gasteiger partial charge in [-0.25, -0.2) is 28.3 Å². The Balaban J connectivity index is 0.000000188. The van der Waals surface area contributed by atoms with Gasteiger partial charge >= 0.3 is 11.9 Å². The summed E-state index contributed by atoms with van der Waals surface area (Å²) in [4.78, 5) is 40.6. The molecule has 0 radical (unpaired) electrons. The molecule has 0 spiro atoms. The number of halogens is 2. The van der Waals surface area contributed by atoms with E-state index in [0.717, 1.165) is 72.2 Å². The van der Waals surface area contributed by atoms with Crippen LogP contribution >= 0.6 is 23.5 Å². The number of ether oxygens (including phenoxy) is 4. The first-order chi connectivity index (χ1) is 23.3. The fourth-order valence-corrected chi connectivity index (χ4v) is 6.57. The molecule has 2 aromatic carbocycles. The van der Waals surface area contributed by atoms with E-state index < -0.39 is 11.9 Å². The Bertz CT molecular complexity index is 1600. The van der Waals surface area contributed by atoms with Crippen molar-refractivity contribution < 1.29 is 37.3 Å². The second kappa shape index (κ2) is 17.2. The van der Waals surface area contributed by atoms with Crippen molar-refractivity contribution in [2.45, 2.75) is 60.3 Å². The quantitative estimate of drug-likeness (QED) is 0.0996. The number of nitrogens with zero attached hydrogens (tertiary/aromatic N) is 4. The van der Waals surface area contributed by atoms with Crippen molar-refractivity contribution in [3.05, 3.63) is 93.8 Å². The van der Waals surface area contributed by atoms with Crippen LogP contribution in [-0.4, -0.2) is 59.3 Å². The molecule has 252 valence electrons. The van der Waals surface area contributed by atoms with E-state index in [1.807, 2.05) is 0 Å². The minimum Gasteiger partial charge on any atom is -0.466 e. The molecule has 2 aromatic heterocycles. The second-order valence-electron chi connectivity index (χ2n) is 10.7. The number of fused-ring (bicyclic) bond motifs is 2. The Hall–Kier alpha value is -4.30. The van der Waals surface area contributed by atoms with Gasteiger partial charge in [0.2, 0.25) is 11.8 Å². The Morgan fingerprint density at radius 1 is 0.625 bits per heavy atom. The maximum Gasteiger partial charge on any atom is 0.343 e. The molecule has 14 heteroatoms. The fourth-order valence-electron chi connectivity index (χ4n) is 4.95. The smallest absolute Gasteiger partial charge is 0.343 e. The number of aromatic nitrogens is 4. The number of esters is 2. The molecule has 6 rings (SSSR count). The molecule has 0 bridgehead atoms. The molecule has 0 fully saturated rings.